The molecule has 2 atom stereocenters. The van der Waals surface area contributed by atoms with Gasteiger partial charge in [0, 0.05) is 12.6 Å². The van der Waals surface area contributed by atoms with Crippen molar-refractivity contribution in [3.05, 3.63) is 0 Å². The maximum absolute atomic E-state index is 5.77. The van der Waals surface area contributed by atoms with Crippen LogP contribution in [0.1, 0.15) is 32.1 Å². The molecule has 1 aliphatic heterocycles. The highest BCUT2D eigenvalue weighted by Gasteiger charge is 2.31. The first-order valence-electron chi connectivity index (χ1n) is 5.19. The quantitative estimate of drug-likeness (QED) is 0.677. The van der Waals surface area contributed by atoms with Gasteiger partial charge in [-0.3, -0.25) is 0 Å². The minimum atomic E-state index is 0.574. The molecule has 1 heterocycles. The molecule has 0 amide bonds. The third-order valence-corrected chi connectivity index (χ3v) is 3.40. The maximum Gasteiger partial charge on any atom is 0.0618 e. The smallest absolute Gasteiger partial charge is 0.0618 e. The van der Waals surface area contributed by atoms with E-state index in [1.807, 2.05) is 0 Å². The van der Waals surface area contributed by atoms with Crippen LogP contribution in [0.25, 0.3) is 0 Å². The Morgan fingerprint density at radius 1 is 1.25 bits per heavy atom. The largest absolute Gasteiger partial charge is 0.378 e. The summed E-state index contributed by atoms with van der Waals surface area (Å²) in [4.78, 5) is 0. The van der Waals surface area contributed by atoms with Crippen molar-refractivity contribution in [1.29, 1.82) is 0 Å². The van der Waals surface area contributed by atoms with E-state index in [1.54, 1.807) is 0 Å². The Kier molecular flexibility index (Phi) is 2.66. The van der Waals surface area contributed by atoms with Crippen LogP contribution in [0, 0.1) is 5.92 Å². The SMILES string of the molecule is CNC1CCOC(C2CCC2)C1. The van der Waals surface area contributed by atoms with Crippen LogP contribution in [0.5, 0.6) is 0 Å². The van der Waals surface area contributed by atoms with Gasteiger partial charge in [-0.2, -0.15) is 0 Å². The standard InChI is InChI=1S/C10H19NO/c1-11-9-5-6-12-10(7-9)8-3-2-4-8/h8-11H,2-7H2,1H3. The van der Waals surface area contributed by atoms with Crippen LogP contribution in [0.4, 0.5) is 0 Å². The van der Waals surface area contributed by atoms with Gasteiger partial charge in [-0.1, -0.05) is 6.42 Å². The summed E-state index contributed by atoms with van der Waals surface area (Å²) in [6.07, 6.45) is 7.24. The van der Waals surface area contributed by atoms with Crippen molar-refractivity contribution in [1.82, 2.24) is 5.32 Å². The number of ether oxygens (including phenoxy) is 1. The third-order valence-electron chi connectivity index (χ3n) is 3.40. The van der Waals surface area contributed by atoms with E-state index in [0.29, 0.717) is 12.1 Å². The van der Waals surface area contributed by atoms with E-state index in [0.717, 1.165) is 12.5 Å². The minimum Gasteiger partial charge on any atom is -0.378 e. The Labute approximate surface area is 74.7 Å². The van der Waals surface area contributed by atoms with Crippen molar-refractivity contribution >= 4 is 0 Å². The summed E-state index contributed by atoms with van der Waals surface area (Å²) in [5, 5.41) is 3.36. The summed E-state index contributed by atoms with van der Waals surface area (Å²) in [5.41, 5.74) is 0. The zero-order valence-corrected chi connectivity index (χ0v) is 7.88. The monoisotopic (exact) mass is 169 g/mol. The molecule has 2 unspecified atom stereocenters. The Bertz CT molecular complexity index is 145. The minimum absolute atomic E-state index is 0.574. The fraction of sp³-hybridized carbons (Fsp3) is 1.00. The van der Waals surface area contributed by atoms with Crippen LogP contribution >= 0.6 is 0 Å². The van der Waals surface area contributed by atoms with Gasteiger partial charge < -0.3 is 10.1 Å². The van der Waals surface area contributed by atoms with Crippen molar-refractivity contribution < 1.29 is 4.74 Å². The van der Waals surface area contributed by atoms with Crippen molar-refractivity contribution in [2.24, 2.45) is 5.92 Å². The highest BCUT2D eigenvalue weighted by molar-refractivity contribution is 4.84. The summed E-state index contributed by atoms with van der Waals surface area (Å²) in [5.74, 6) is 0.890. The molecule has 1 aliphatic carbocycles. The van der Waals surface area contributed by atoms with Crippen LogP contribution in [0.3, 0.4) is 0 Å². The second kappa shape index (κ2) is 3.75. The van der Waals surface area contributed by atoms with Crippen LogP contribution in [0.15, 0.2) is 0 Å². The molecule has 0 aromatic carbocycles. The molecule has 1 saturated heterocycles. The highest BCUT2D eigenvalue weighted by atomic mass is 16.5. The lowest BCUT2D eigenvalue weighted by Gasteiger charge is -2.38. The average Bonchev–Trinajstić information content (AvgIpc) is 2.02. The molecular formula is C10H19NO. The van der Waals surface area contributed by atoms with Gasteiger partial charge in [0.25, 0.3) is 0 Å². The Morgan fingerprint density at radius 2 is 2.08 bits per heavy atom. The van der Waals surface area contributed by atoms with Gasteiger partial charge in [0.15, 0.2) is 0 Å². The van der Waals surface area contributed by atoms with E-state index in [2.05, 4.69) is 12.4 Å². The molecule has 0 aromatic rings. The molecule has 2 aliphatic rings. The van der Waals surface area contributed by atoms with Crippen molar-refractivity contribution in [2.75, 3.05) is 13.7 Å². The number of hydrogen-bond acceptors (Lipinski definition) is 2. The zero-order valence-electron chi connectivity index (χ0n) is 7.88. The molecule has 0 bridgehead atoms. The second-order valence-corrected chi connectivity index (χ2v) is 4.11. The molecule has 0 spiro atoms. The van der Waals surface area contributed by atoms with E-state index in [4.69, 9.17) is 4.74 Å². The Hall–Kier alpha value is -0.0800. The Balaban J connectivity index is 1.81. The predicted molar refractivity (Wildman–Crippen MR) is 49.2 cm³/mol. The van der Waals surface area contributed by atoms with Gasteiger partial charge in [-0.05, 0) is 38.6 Å². The van der Waals surface area contributed by atoms with Crippen molar-refractivity contribution in [3.8, 4) is 0 Å². The van der Waals surface area contributed by atoms with Crippen molar-refractivity contribution in [2.45, 2.75) is 44.2 Å². The second-order valence-electron chi connectivity index (χ2n) is 4.11. The van der Waals surface area contributed by atoms with E-state index in [9.17, 15) is 0 Å². The van der Waals surface area contributed by atoms with Crippen LogP contribution in [-0.4, -0.2) is 25.8 Å². The van der Waals surface area contributed by atoms with E-state index < -0.39 is 0 Å². The Morgan fingerprint density at radius 3 is 2.67 bits per heavy atom. The topological polar surface area (TPSA) is 21.3 Å². The normalized spacial score (nSPS) is 37.8. The molecule has 0 radical (unpaired) electrons. The molecule has 2 heteroatoms. The maximum atomic E-state index is 5.77. The molecule has 2 nitrogen and oxygen atoms in total. The summed E-state index contributed by atoms with van der Waals surface area (Å²) in [6.45, 7) is 0.965. The summed E-state index contributed by atoms with van der Waals surface area (Å²) in [7, 11) is 2.06. The lowest BCUT2D eigenvalue weighted by atomic mass is 9.78. The third kappa shape index (κ3) is 1.64. The van der Waals surface area contributed by atoms with Gasteiger partial charge >= 0.3 is 0 Å². The molecule has 12 heavy (non-hydrogen) atoms. The molecule has 2 fully saturated rings. The molecule has 70 valence electrons. The van der Waals surface area contributed by atoms with Gasteiger partial charge in [-0.15, -0.1) is 0 Å². The molecule has 1 N–H and O–H groups in total. The number of rotatable bonds is 2. The van der Waals surface area contributed by atoms with Crippen LogP contribution in [0.2, 0.25) is 0 Å². The lowest BCUT2D eigenvalue weighted by Crippen LogP contribution is -2.42. The number of nitrogens with one attached hydrogen (secondary N) is 1. The summed E-state index contributed by atoms with van der Waals surface area (Å²) < 4.78 is 5.77. The average molecular weight is 169 g/mol. The summed E-state index contributed by atoms with van der Waals surface area (Å²) >= 11 is 0. The first kappa shape index (κ1) is 8.52. The van der Waals surface area contributed by atoms with E-state index in [-0.39, 0.29) is 0 Å². The van der Waals surface area contributed by atoms with Gasteiger partial charge in [0.1, 0.15) is 0 Å². The van der Waals surface area contributed by atoms with Crippen LogP contribution in [-0.2, 0) is 4.74 Å². The highest BCUT2D eigenvalue weighted by Crippen LogP contribution is 2.34. The fourth-order valence-electron chi connectivity index (χ4n) is 2.23. The van der Waals surface area contributed by atoms with Crippen molar-refractivity contribution in [3.63, 3.8) is 0 Å². The fourth-order valence-corrected chi connectivity index (χ4v) is 2.23. The molecular weight excluding hydrogens is 150 g/mol. The van der Waals surface area contributed by atoms with E-state index >= 15 is 0 Å². The van der Waals surface area contributed by atoms with Gasteiger partial charge in [0.2, 0.25) is 0 Å². The van der Waals surface area contributed by atoms with Gasteiger partial charge in [0.05, 0.1) is 6.10 Å². The molecule has 2 rings (SSSR count). The molecule has 0 aromatic heterocycles. The van der Waals surface area contributed by atoms with Crippen LogP contribution < -0.4 is 5.32 Å². The number of hydrogen-bond donors (Lipinski definition) is 1. The predicted octanol–water partition coefficient (Wildman–Crippen LogP) is 1.55. The molecule has 1 saturated carbocycles. The first-order chi connectivity index (χ1) is 5.90. The van der Waals surface area contributed by atoms with Gasteiger partial charge in [-0.25, -0.2) is 0 Å². The van der Waals surface area contributed by atoms with E-state index in [1.165, 1.54) is 32.1 Å². The first-order valence-corrected chi connectivity index (χ1v) is 5.19. The summed E-state index contributed by atoms with van der Waals surface area (Å²) in [6, 6.07) is 0.712. The zero-order chi connectivity index (χ0) is 8.39. The lowest BCUT2D eigenvalue weighted by molar-refractivity contribution is -0.0522.